The monoisotopic (exact) mass is 340 g/mol. The van der Waals surface area contributed by atoms with Gasteiger partial charge in [-0.1, -0.05) is 17.7 Å². The van der Waals surface area contributed by atoms with Gasteiger partial charge in [0.15, 0.2) is 6.10 Å². The number of hydrogen-bond donors (Lipinski definition) is 2. The molecule has 0 radical (unpaired) electrons. The van der Waals surface area contributed by atoms with Gasteiger partial charge >= 0.3 is 5.97 Å². The van der Waals surface area contributed by atoms with Gasteiger partial charge in [-0.05, 0) is 50.2 Å². The summed E-state index contributed by atoms with van der Waals surface area (Å²) in [5, 5.41) is 5.29. The van der Waals surface area contributed by atoms with Crippen molar-refractivity contribution in [1.82, 2.24) is 0 Å². The van der Waals surface area contributed by atoms with E-state index in [1.807, 2.05) is 6.92 Å². The van der Waals surface area contributed by atoms with Gasteiger partial charge in [0.05, 0.1) is 5.56 Å². The molecule has 2 aromatic carbocycles. The van der Waals surface area contributed by atoms with Gasteiger partial charge in [-0.3, -0.25) is 9.59 Å². The fourth-order valence-corrected chi connectivity index (χ4v) is 2.06. The van der Waals surface area contributed by atoms with Gasteiger partial charge in [-0.15, -0.1) is 0 Å². The predicted molar refractivity (Wildman–Crippen MR) is 95.4 cm³/mol. The summed E-state index contributed by atoms with van der Waals surface area (Å²) >= 11 is 0. The van der Waals surface area contributed by atoms with Crippen LogP contribution in [0.1, 0.15) is 29.8 Å². The Labute approximate surface area is 146 Å². The first kappa shape index (κ1) is 18.2. The molecule has 0 aliphatic carbocycles. The molecule has 0 aliphatic heterocycles. The molecule has 0 spiro atoms. The number of benzene rings is 2. The van der Waals surface area contributed by atoms with E-state index in [-0.39, 0.29) is 5.91 Å². The topological polar surface area (TPSA) is 84.5 Å². The maximum Gasteiger partial charge on any atom is 0.338 e. The number of aryl methyl sites for hydroxylation is 1. The zero-order valence-corrected chi connectivity index (χ0v) is 14.3. The van der Waals surface area contributed by atoms with Crippen LogP contribution in [0.15, 0.2) is 48.5 Å². The van der Waals surface area contributed by atoms with Gasteiger partial charge in [0, 0.05) is 18.3 Å². The molecule has 0 aromatic heterocycles. The zero-order valence-electron chi connectivity index (χ0n) is 14.3. The number of nitrogens with one attached hydrogen (secondary N) is 2. The second-order valence-electron chi connectivity index (χ2n) is 5.66. The Balaban J connectivity index is 1.92. The van der Waals surface area contributed by atoms with Crippen LogP contribution in [-0.2, 0) is 14.3 Å². The Hall–Kier alpha value is -3.15. The normalized spacial score (nSPS) is 11.3. The van der Waals surface area contributed by atoms with E-state index >= 15 is 0 Å². The minimum atomic E-state index is -0.941. The molecule has 25 heavy (non-hydrogen) atoms. The van der Waals surface area contributed by atoms with E-state index in [0.717, 1.165) is 5.56 Å². The van der Waals surface area contributed by atoms with Crippen LogP contribution in [-0.4, -0.2) is 23.9 Å². The predicted octanol–water partition coefficient (Wildman–Crippen LogP) is 3.14. The van der Waals surface area contributed by atoms with Crippen molar-refractivity contribution in [2.45, 2.75) is 26.9 Å². The zero-order chi connectivity index (χ0) is 18.4. The summed E-state index contributed by atoms with van der Waals surface area (Å²) in [6.07, 6.45) is -0.941. The number of carbonyl (C=O) groups is 3. The minimum Gasteiger partial charge on any atom is -0.449 e. The van der Waals surface area contributed by atoms with E-state index < -0.39 is 18.0 Å². The van der Waals surface area contributed by atoms with E-state index in [2.05, 4.69) is 10.6 Å². The van der Waals surface area contributed by atoms with E-state index in [1.165, 1.54) is 13.8 Å². The van der Waals surface area contributed by atoms with E-state index in [1.54, 1.807) is 48.5 Å². The molecule has 0 unspecified atom stereocenters. The van der Waals surface area contributed by atoms with Crippen molar-refractivity contribution in [3.05, 3.63) is 59.7 Å². The van der Waals surface area contributed by atoms with Crippen LogP contribution in [0.3, 0.4) is 0 Å². The van der Waals surface area contributed by atoms with E-state index in [0.29, 0.717) is 16.9 Å². The van der Waals surface area contributed by atoms with Gasteiger partial charge in [-0.2, -0.15) is 0 Å². The van der Waals surface area contributed by atoms with Crippen molar-refractivity contribution < 1.29 is 19.1 Å². The number of anilines is 2. The van der Waals surface area contributed by atoms with Crippen molar-refractivity contribution >= 4 is 29.2 Å². The molecule has 0 bridgehead atoms. The molecular weight excluding hydrogens is 320 g/mol. The summed E-state index contributed by atoms with van der Waals surface area (Å²) in [5.74, 6) is -1.16. The average molecular weight is 340 g/mol. The molecule has 6 heteroatoms. The van der Waals surface area contributed by atoms with Crippen molar-refractivity contribution in [3.8, 4) is 0 Å². The van der Waals surface area contributed by atoms with Crippen LogP contribution in [0.4, 0.5) is 11.4 Å². The largest absolute Gasteiger partial charge is 0.449 e. The third-order valence-corrected chi connectivity index (χ3v) is 3.41. The molecule has 2 aromatic rings. The first-order valence-corrected chi connectivity index (χ1v) is 7.81. The second kappa shape index (κ2) is 8.10. The summed E-state index contributed by atoms with van der Waals surface area (Å²) in [5.41, 5.74) is 2.59. The Bertz CT molecular complexity index is 767. The Morgan fingerprint density at radius 2 is 1.40 bits per heavy atom. The lowest BCUT2D eigenvalue weighted by molar-refractivity contribution is -0.123. The third-order valence-electron chi connectivity index (χ3n) is 3.41. The molecular formula is C19H20N2O4. The van der Waals surface area contributed by atoms with Crippen LogP contribution in [0.25, 0.3) is 0 Å². The van der Waals surface area contributed by atoms with Gasteiger partial charge in [-0.25, -0.2) is 4.79 Å². The number of carbonyl (C=O) groups excluding carboxylic acids is 3. The number of rotatable bonds is 5. The van der Waals surface area contributed by atoms with Crippen molar-refractivity contribution in [2.24, 2.45) is 0 Å². The number of esters is 1. The SMILES string of the molecule is CC(=O)Nc1ccc(NC(=O)[C@@H](C)OC(=O)c2ccc(C)cc2)cc1. The maximum atomic E-state index is 12.1. The Kier molecular flexibility index (Phi) is 5.89. The van der Waals surface area contributed by atoms with Gasteiger partial charge < -0.3 is 15.4 Å². The number of hydrogen-bond acceptors (Lipinski definition) is 4. The molecule has 1 atom stereocenters. The van der Waals surface area contributed by atoms with Crippen LogP contribution in [0.2, 0.25) is 0 Å². The molecule has 2 amide bonds. The van der Waals surface area contributed by atoms with E-state index in [4.69, 9.17) is 4.74 Å². The molecule has 2 N–H and O–H groups in total. The molecule has 6 nitrogen and oxygen atoms in total. The molecule has 0 saturated carbocycles. The first-order valence-electron chi connectivity index (χ1n) is 7.81. The molecule has 0 saturated heterocycles. The average Bonchev–Trinajstić information content (AvgIpc) is 2.56. The van der Waals surface area contributed by atoms with Gasteiger partial charge in [0.25, 0.3) is 5.91 Å². The highest BCUT2D eigenvalue weighted by atomic mass is 16.5. The highest BCUT2D eigenvalue weighted by Gasteiger charge is 2.19. The third kappa shape index (κ3) is 5.46. The highest BCUT2D eigenvalue weighted by Crippen LogP contribution is 2.14. The summed E-state index contributed by atoms with van der Waals surface area (Å²) in [7, 11) is 0. The van der Waals surface area contributed by atoms with Crippen molar-refractivity contribution in [1.29, 1.82) is 0 Å². The van der Waals surface area contributed by atoms with Crippen molar-refractivity contribution in [3.63, 3.8) is 0 Å². The molecule has 2 rings (SSSR count). The molecule has 130 valence electrons. The number of ether oxygens (including phenoxy) is 1. The first-order chi connectivity index (χ1) is 11.8. The summed E-state index contributed by atoms with van der Waals surface area (Å²) in [6, 6.07) is 13.6. The lowest BCUT2D eigenvalue weighted by Gasteiger charge is -2.14. The van der Waals surface area contributed by atoms with Crippen LogP contribution >= 0.6 is 0 Å². The lowest BCUT2D eigenvalue weighted by Crippen LogP contribution is -2.30. The van der Waals surface area contributed by atoms with Crippen molar-refractivity contribution in [2.75, 3.05) is 10.6 Å². The van der Waals surface area contributed by atoms with Gasteiger partial charge in [0.2, 0.25) is 5.91 Å². The Morgan fingerprint density at radius 3 is 1.92 bits per heavy atom. The van der Waals surface area contributed by atoms with Gasteiger partial charge in [0.1, 0.15) is 0 Å². The fraction of sp³-hybridized carbons (Fsp3) is 0.211. The van der Waals surface area contributed by atoms with E-state index in [9.17, 15) is 14.4 Å². The molecule has 0 aliphatic rings. The summed E-state index contributed by atoms with van der Waals surface area (Å²) in [4.78, 5) is 35.1. The standard InChI is InChI=1S/C19H20N2O4/c1-12-4-6-15(7-5-12)19(24)25-13(2)18(23)21-17-10-8-16(9-11-17)20-14(3)22/h4-11,13H,1-3H3,(H,20,22)(H,21,23)/t13-/m1/s1. The summed E-state index contributed by atoms with van der Waals surface area (Å²) < 4.78 is 5.18. The summed E-state index contributed by atoms with van der Waals surface area (Å²) in [6.45, 7) is 4.84. The van der Waals surface area contributed by atoms with Crippen LogP contribution in [0.5, 0.6) is 0 Å². The lowest BCUT2D eigenvalue weighted by atomic mass is 10.1. The maximum absolute atomic E-state index is 12.1. The quantitative estimate of drug-likeness (QED) is 0.819. The Morgan fingerprint density at radius 1 is 0.880 bits per heavy atom. The highest BCUT2D eigenvalue weighted by molar-refractivity contribution is 5.97. The number of amides is 2. The van der Waals surface area contributed by atoms with Crippen LogP contribution < -0.4 is 10.6 Å². The second-order valence-corrected chi connectivity index (χ2v) is 5.66. The smallest absolute Gasteiger partial charge is 0.338 e. The minimum absolute atomic E-state index is 0.173. The fourth-order valence-electron chi connectivity index (χ4n) is 2.06. The molecule has 0 heterocycles. The molecule has 0 fully saturated rings. The van der Waals surface area contributed by atoms with Crippen LogP contribution in [0, 0.1) is 6.92 Å².